The Kier molecular flexibility index (Phi) is 3.51. The Labute approximate surface area is 109 Å². The van der Waals surface area contributed by atoms with Crippen LogP contribution in [0, 0.1) is 6.92 Å². The van der Waals surface area contributed by atoms with Gasteiger partial charge in [-0.3, -0.25) is 5.32 Å². The van der Waals surface area contributed by atoms with Gasteiger partial charge >= 0.3 is 6.03 Å². The number of aryl methyl sites for hydroxylation is 1. The van der Waals surface area contributed by atoms with Crippen LogP contribution in [0.3, 0.4) is 0 Å². The van der Waals surface area contributed by atoms with Crippen molar-refractivity contribution in [3.05, 3.63) is 42.1 Å². The van der Waals surface area contributed by atoms with Gasteiger partial charge in [-0.25, -0.2) is 9.78 Å². The van der Waals surface area contributed by atoms with E-state index in [1.807, 2.05) is 13.0 Å². The quantitative estimate of drug-likeness (QED) is 0.666. The zero-order valence-corrected chi connectivity index (χ0v) is 10.2. The second-order valence-corrected chi connectivity index (χ2v) is 4.04. The number of phenolic OH excluding ortho intramolecular Hbond substituents is 2. The van der Waals surface area contributed by atoms with Gasteiger partial charge in [-0.05, 0) is 24.6 Å². The molecule has 2 rings (SSSR count). The summed E-state index contributed by atoms with van der Waals surface area (Å²) in [6.07, 6.45) is 1.59. The van der Waals surface area contributed by atoms with E-state index in [4.69, 9.17) is 0 Å². The van der Waals surface area contributed by atoms with Gasteiger partial charge in [0.25, 0.3) is 0 Å². The Morgan fingerprint density at radius 1 is 1.11 bits per heavy atom. The number of nitrogens with one attached hydrogen (secondary N) is 2. The number of aromatic hydroxyl groups is 2. The summed E-state index contributed by atoms with van der Waals surface area (Å²) in [7, 11) is 0. The van der Waals surface area contributed by atoms with Crippen molar-refractivity contribution in [2.45, 2.75) is 6.92 Å². The number of carbonyl (C=O) groups excluding carboxylic acids is 1. The summed E-state index contributed by atoms with van der Waals surface area (Å²) in [6.45, 7) is 1.89. The summed E-state index contributed by atoms with van der Waals surface area (Å²) in [5.74, 6) is 0.148. The van der Waals surface area contributed by atoms with Crippen LogP contribution in [0.1, 0.15) is 5.56 Å². The van der Waals surface area contributed by atoms with Gasteiger partial charge in [0.05, 0.1) is 0 Å². The predicted molar refractivity (Wildman–Crippen MR) is 71.4 cm³/mol. The lowest BCUT2D eigenvalue weighted by Crippen LogP contribution is -2.20. The second kappa shape index (κ2) is 5.26. The third-order valence-electron chi connectivity index (χ3n) is 2.32. The number of pyridine rings is 1. The van der Waals surface area contributed by atoms with E-state index in [0.717, 1.165) is 5.56 Å². The number of nitrogens with zero attached hydrogens (tertiary/aromatic N) is 1. The number of hydrogen-bond donors (Lipinski definition) is 4. The van der Waals surface area contributed by atoms with E-state index in [2.05, 4.69) is 15.6 Å². The third-order valence-corrected chi connectivity index (χ3v) is 2.32. The molecule has 98 valence electrons. The lowest BCUT2D eigenvalue weighted by atomic mass is 10.3. The van der Waals surface area contributed by atoms with Crippen molar-refractivity contribution in [1.82, 2.24) is 4.98 Å². The molecule has 0 aliphatic heterocycles. The minimum atomic E-state index is -0.511. The maximum absolute atomic E-state index is 11.7. The van der Waals surface area contributed by atoms with Crippen LogP contribution in [-0.2, 0) is 0 Å². The Bertz CT molecular complexity index is 594. The van der Waals surface area contributed by atoms with E-state index in [1.165, 1.54) is 18.2 Å². The van der Waals surface area contributed by atoms with Crippen LogP contribution >= 0.6 is 0 Å². The monoisotopic (exact) mass is 259 g/mol. The number of carbonyl (C=O) groups is 1. The molecule has 1 aromatic heterocycles. The first-order chi connectivity index (χ1) is 9.02. The normalized spacial score (nSPS) is 9.95. The summed E-state index contributed by atoms with van der Waals surface area (Å²) >= 11 is 0. The molecule has 2 aromatic rings. The standard InChI is InChI=1S/C13H13N3O3/c1-8-2-3-14-12(4-8)16-13(19)15-9-5-10(17)7-11(18)6-9/h2-7,17-18H,1H3,(H2,14,15,16,19). The predicted octanol–water partition coefficient (Wildman–Crippen LogP) is 2.45. The van der Waals surface area contributed by atoms with Crippen molar-refractivity contribution < 1.29 is 15.0 Å². The van der Waals surface area contributed by atoms with Crippen LogP contribution in [0.4, 0.5) is 16.3 Å². The van der Waals surface area contributed by atoms with E-state index >= 15 is 0 Å². The molecular formula is C13H13N3O3. The molecule has 0 saturated heterocycles. The highest BCUT2D eigenvalue weighted by molar-refractivity contribution is 5.99. The van der Waals surface area contributed by atoms with Gasteiger partial charge in [-0.1, -0.05) is 0 Å². The molecule has 0 bridgehead atoms. The molecule has 2 amide bonds. The highest BCUT2D eigenvalue weighted by Gasteiger charge is 2.05. The average Bonchev–Trinajstić information content (AvgIpc) is 2.26. The van der Waals surface area contributed by atoms with Gasteiger partial charge in [0.2, 0.25) is 0 Å². The second-order valence-electron chi connectivity index (χ2n) is 4.04. The zero-order chi connectivity index (χ0) is 13.8. The fourth-order valence-corrected chi connectivity index (χ4v) is 1.55. The molecule has 0 aliphatic rings. The van der Waals surface area contributed by atoms with E-state index in [9.17, 15) is 15.0 Å². The molecule has 4 N–H and O–H groups in total. The summed E-state index contributed by atoms with van der Waals surface area (Å²) in [5, 5.41) is 23.6. The number of rotatable bonds is 2. The van der Waals surface area contributed by atoms with Crippen LogP contribution in [0.15, 0.2) is 36.5 Å². The summed E-state index contributed by atoms with van der Waals surface area (Å²) in [5.41, 5.74) is 1.25. The molecular weight excluding hydrogens is 246 g/mol. The van der Waals surface area contributed by atoms with Crippen molar-refractivity contribution in [2.24, 2.45) is 0 Å². The van der Waals surface area contributed by atoms with E-state index in [0.29, 0.717) is 5.82 Å². The molecule has 0 spiro atoms. The molecule has 0 fully saturated rings. The van der Waals surface area contributed by atoms with Crippen LogP contribution in [0.2, 0.25) is 0 Å². The minimum absolute atomic E-state index is 0.135. The number of phenols is 2. The van der Waals surface area contributed by atoms with Gasteiger partial charge in [-0.2, -0.15) is 0 Å². The van der Waals surface area contributed by atoms with E-state index in [-0.39, 0.29) is 17.2 Å². The molecule has 0 saturated carbocycles. The van der Waals surface area contributed by atoms with Gasteiger partial charge in [0.15, 0.2) is 0 Å². The van der Waals surface area contributed by atoms with Crippen LogP contribution in [0.25, 0.3) is 0 Å². The topological polar surface area (TPSA) is 94.5 Å². The van der Waals surface area contributed by atoms with Gasteiger partial charge in [0.1, 0.15) is 17.3 Å². The highest BCUT2D eigenvalue weighted by Crippen LogP contribution is 2.23. The average molecular weight is 259 g/mol. The number of benzene rings is 1. The van der Waals surface area contributed by atoms with Crippen molar-refractivity contribution in [3.63, 3.8) is 0 Å². The number of amides is 2. The van der Waals surface area contributed by atoms with Gasteiger partial charge < -0.3 is 15.5 Å². The Balaban J connectivity index is 2.05. The SMILES string of the molecule is Cc1ccnc(NC(=O)Nc2cc(O)cc(O)c2)c1. The van der Waals surface area contributed by atoms with Crippen LogP contribution < -0.4 is 10.6 Å². The van der Waals surface area contributed by atoms with Crippen molar-refractivity contribution >= 4 is 17.5 Å². The molecule has 0 radical (unpaired) electrons. The molecule has 6 heteroatoms. The van der Waals surface area contributed by atoms with Gasteiger partial charge in [0, 0.05) is 30.1 Å². The highest BCUT2D eigenvalue weighted by atomic mass is 16.3. The molecule has 6 nitrogen and oxygen atoms in total. The third kappa shape index (κ3) is 3.60. The molecule has 0 unspecified atom stereocenters. The number of hydrogen-bond acceptors (Lipinski definition) is 4. The summed E-state index contributed by atoms with van der Waals surface area (Å²) < 4.78 is 0. The molecule has 19 heavy (non-hydrogen) atoms. The Hall–Kier alpha value is -2.76. The largest absolute Gasteiger partial charge is 0.508 e. The Morgan fingerprint density at radius 2 is 1.79 bits per heavy atom. The van der Waals surface area contributed by atoms with Crippen LogP contribution in [-0.4, -0.2) is 21.2 Å². The molecule has 0 aliphatic carbocycles. The summed E-state index contributed by atoms with van der Waals surface area (Å²) in [6, 6.07) is 6.84. The van der Waals surface area contributed by atoms with Crippen LogP contribution in [0.5, 0.6) is 11.5 Å². The van der Waals surface area contributed by atoms with Crippen molar-refractivity contribution in [3.8, 4) is 11.5 Å². The molecule has 1 aromatic carbocycles. The lowest BCUT2D eigenvalue weighted by Gasteiger charge is -2.08. The fraction of sp³-hybridized carbons (Fsp3) is 0.0769. The number of aromatic nitrogens is 1. The van der Waals surface area contributed by atoms with Crippen molar-refractivity contribution in [2.75, 3.05) is 10.6 Å². The summed E-state index contributed by atoms with van der Waals surface area (Å²) in [4.78, 5) is 15.7. The first kappa shape index (κ1) is 12.7. The maximum atomic E-state index is 11.7. The number of anilines is 2. The van der Waals surface area contributed by atoms with Crippen molar-refractivity contribution in [1.29, 1.82) is 0 Å². The molecule has 1 heterocycles. The van der Waals surface area contributed by atoms with E-state index < -0.39 is 6.03 Å². The first-order valence-electron chi connectivity index (χ1n) is 5.56. The minimum Gasteiger partial charge on any atom is -0.508 e. The molecule has 0 atom stereocenters. The smallest absolute Gasteiger partial charge is 0.324 e. The number of urea groups is 1. The zero-order valence-electron chi connectivity index (χ0n) is 10.2. The maximum Gasteiger partial charge on any atom is 0.324 e. The first-order valence-corrected chi connectivity index (χ1v) is 5.56. The lowest BCUT2D eigenvalue weighted by molar-refractivity contribution is 0.262. The van der Waals surface area contributed by atoms with Gasteiger partial charge in [-0.15, -0.1) is 0 Å². The Morgan fingerprint density at radius 3 is 2.42 bits per heavy atom. The fourth-order valence-electron chi connectivity index (χ4n) is 1.55. The van der Waals surface area contributed by atoms with E-state index in [1.54, 1.807) is 12.3 Å².